The van der Waals surface area contributed by atoms with Crippen molar-refractivity contribution in [2.75, 3.05) is 5.32 Å². The molecule has 6 heteroatoms. The predicted octanol–water partition coefficient (Wildman–Crippen LogP) is 6.36. The summed E-state index contributed by atoms with van der Waals surface area (Å²) in [6, 6.07) is 17.9. The van der Waals surface area contributed by atoms with Crippen molar-refractivity contribution in [2.24, 2.45) is 0 Å². The molecule has 0 aliphatic rings. The molecule has 1 N–H and O–H groups in total. The average molecular weight is 397 g/mol. The third-order valence-electron chi connectivity index (χ3n) is 4.09. The Morgan fingerprint density at radius 2 is 1.85 bits per heavy atom. The van der Waals surface area contributed by atoms with Crippen molar-refractivity contribution in [3.63, 3.8) is 0 Å². The fourth-order valence-corrected chi connectivity index (χ4v) is 3.05. The molecule has 1 aromatic heterocycles. The number of halogens is 2. The maximum absolute atomic E-state index is 12.4. The lowest BCUT2D eigenvalue weighted by atomic mass is 10.1. The molecule has 3 aromatic carbocycles. The number of amides is 1. The Balaban J connectivity index is 1.62. The second-order valence-electron chi connectivity index (χ2n) is 6.15. The van der Waals surface area contributed by atoms with Crippen LogP contribution in [-0.2, 0) is 0 Å². The predicted molar refractivity (Wildman–Crippen MR) is 109 cm³/mol. The lowest BCUT2D eigenvalue weighted by Gasteiger charge is -2.05. The number of carbonyl (C=O) groups excluding carboxylic acids is 1. The minimum absolute atomic E-state index is 0.175. The summed E-state index contributed by atoms with van der Waals surface area (Å²) in [6.45, 7) is 1.95. The fourth-order valence-electron chi connectivity index (χ4n) is 2.75. The fraction of sp³-hybridized carbons (Fsp3) is 0.0476. The van der Waals surface area contributed by atoms with E-state index in [4.69, 9.17) is 27.6 Å². The number of hydrogen-bond donors (Lipinski definition) is 1. The van der Waals surface area contributed by atoms with Crippen LogP contribution in [0.2, 0.25) is 10.0 Å². The summed E-state index contributed by atoms with van der Waals surface area (Å²) in [4.78, 5) is 16.9. The third-order valence-corrected chi connectivity index (χ3v) is 4.83. The molecule has 0 radical (unpaired) electrons. The topological polar surface area (TPSA) is 55.1 Å². The van der Waals surface area contributed by atoms with Crippen LogP contribution in [0.15, 0.2) is 65.1 Å². The number of fused-ring (bicyclic) bond motifs is 1. The Morgan fingerprint density at radius 3 is 2.63 bits per heavy atom. The summed E-state index contributed by atoms with van der Waals surface area (Å²) in [7, 11) is 0. The van der Waals surface area contributed by atoms with Crippen LogP contribution >= 0.6 is 23.2 Å². The largest absolute Gasteiger partial charge is 0.436 e. The van der Waals surface area contributed by atoms with E-state index in [2.05, 4.69) is 10.3 Å². The molecule has 4 aromatic rings. The smallest absolute Gasteiger partial charge is 0.255 e. The Hall–Kier alpha value is -2.82. The van der Waals surface area contributed by atoms with Crippen molar-refractivity contribution < 1.29 is 9.21 Å². The molecule has 0 bridgehead atoms. The van der Waals surface area contributed by atoms with Crippen molar-refractivity contribution in [3.8, 4) is 11.5 Å². The van der Waals surface area contributed by atoms with Crippen molar-refractivity contribution in [3.05, 3.63) is 81.8 Å². The van der Waals surface area contributed by atoms with E-state index in [0.29, 0.717) is 38.3 Å². The maximum atomic E-state index is 12.4. The van der Waals surface area contributed by atoms with E-state index in [1.165, 1.54) is 0 Å². The number of aryl methyl sites for hydroxylation is 1. The van der Waals surface area contributed by atoms with E-state index in [1.807, 2.05) is 25.1 Å². The number of nitrogens with one attached hydrogen (secondary N) is 1. The summed E-state index contributed by atoms with van der Waals surface area (Å²) in [6.07, 6.45) is 0. The molecule has 1 heterocycles. The highest BCUT2D eigenvalue weighted by molar-refractivity contribution is 6.42. The lowest BCUT2D eigenvalue weighted by molar-refractivity contribution is 0.102. The first kappa shape index (κ1) is 17.6. The van der Waals surface area contributed by atoms with E-state index in [9.17, 15) is 4.79 Å². The summed E-state index contributed by atoms with van der Waals surface area (Å²) in [5.41, 5.74) is 4.25. The zero-order valence-corrected chi connectivity index (χ0v) is 15.8. The van der Waals surface area contributed by atoms with Gasteiger partial charge in [0.25, 0.3) is 5.91 Å². The number of anilines is 1. The molecule has 0 saturated carbocycles. The summed E-state index contributed by atoms with van der Waals surface area (Å²) < 4.78 is 5.78. The molecule has 27 heavy (non-hydrogen) atoms. The van der Waals surface area contributed by atoms with Gasteiger partial charge in [-0.3, -0.25) is 4.79 Å². The molecule has 4 nitrogen and oxygen atoms in total. The van der Waals surface area contributed by atoms with Gasteiger partial charge in [-0.15, -0.1) is 0 Å². The van der Waals surface area contributed by atoms with Gasteiger partial charge in [0.05, 0.1) is 10.0 Å². The van der Waals surface area contributed by atoms with Crippen molar-refractivity contribution in [2.45, 2.75) is 6.92 Å². The Bertz CT molecular complexity index is 1170. The van der Waals surface area contributed by atoms with Crippen LogP contribution in [0.1, 0.15) is 15.9 Å². The third kappa shape index (κ3) is 3.68. The number of carbonyl (C=O) groups is 1. The van der Waals surface area contributed by atoms with Crippen molar-refractivity contribution in [1.29, 1.82) is 0 Å². The number of benzene rings is 3. The second kappa shape index (κ2) is 7.06. The SMILES string of the molecule is Cc1cccc(C(=O)Nc2ccc3oc(-c4ccc(Cl)c(Cl)c4)nc3c2)c1. The van der Waals surface area contributed by atoms with Crippen LogP contribution < -0.4 is 5.32 Å². The van der Waals surface area contributed by atoms with Crippen LogP contribution in [0, 0.1) is 6.92 Å². The van der Waals surface area contributed by atoms with Gasteiger partial charge in [-0.1, -0.05) is 40.9 Å². The van der Waals surface area contributed by atoms with Crippen LogP contribution in [0.5, 0.6) is 0 Å². The monoisotopic (exact) mass is 396 g/mol. The molecule has 0 aliphatic carbocycles. The quantitative estimate of drug-likeness (QED) is 0.438. The average Bonchev–Trinajstić information content (AvgIpc) is 3.07. The molecule has 0 fully saturated rings. The van der Waals surface area contributed by atoms with Gasteiger partial charge in [-0.05, 0) is 55.5 Å². The van der Waals surface area contributed by atoms with E-state index < -0.39 is 0 Å². The van der Waals surface area contributed by atoms with Gasteiger partial charge >= 0.3 is 0 Å². The Kier molecular flexibility index (Phi) is 4.60. The van der Waals surface area contributed by atoms with Crippen LogP contribution in [-0.4, -0.2) is 10.9 Å². The zero-order chi connectivity index (χ0) is 19.0. The van der Waals surface area contributed by atoms with Gasteiger partial charge < -0.3 is 9.73 Å². The number of oxazole rings is 1. The number of aromatic nitrogens is 1. The van der Waals surface area contributed by atoms with Gasteiger partial charge in [-0.2, -0.15) is 0 Å². The van der Waals surface area contributed by atoms with Crippen LogP contribution in [0.25, 0.3) is 22.6 Å². The molecular formula is C21H14Cl2N2O2. The van der Waals surface area contributed by atoms with Gasteiger partial charge in [0.2, 0.25) is 5.89 Å². The minimum Gasteiger partial charge on any atom is -0.436 e. The molecular weight excluding hydrogens is 383 g/mol. The highest BCUT2D eigenvalue weighted by Gasteiger charge is 2.12. The van der Waals surface area contributed by atoms with Crippen molar-refractivity contribution in [1.82, 2.24) is 4.98 Å². The first-order valence-electron chi connectivity index (χ1n) is 8.23. The van der Waals surface area contributed by atoms with E-state index in [-0.39, 0.29) is 5.91 Å². The Labute approximate surface area is 165 Å². The number of rotatable bonds is 3. The lowest BCUT2D eigenvalue weighted by Crippen LogP contribution is -2.11. The van der Waals surface area contributed by atoms with Gasteiger partial charge in [-0.25, -0.2) is 4.98 Å². The summed E-state index contributed by atoms with van der Waals surface area (Å²) in [5, 5.41) is 3.79. The zero-order valence-electron chi connectivity index (χ0n) is 14.3. The molecule has 0 spiro atoms. The molecule has 0 saturated heterocycles. The molecule has 4 rings (SSSR count). The van der Waals surface area contributed by atoms with E-state index in [1.54, 1.807) is 42.5 Å². The van der Waals surface area contributed by atoms with Gasteiger partial charge in [0.1, 0.15) is 5.52 Å². The molecule has 1 amide bonds. The summed E-state index contributed by atoms with van der Waals surface area (Å²) >= 11 is 12.0. The van der Waals surface area contributed by atoms with E-state index >= 15 is 0 Å². The highest BCUT2D eigenvalue weighted by Crippen LogP contribution is 2.30. The van der Waals surface area contributed by atoms with Crippen molar-refractivity contribution >= 4 is 45.9 Å². The maximum Gasteiger partial charge on any atom is 0.255 e. The summed E-state index contributed by atoms with van der Waals surface area (Å²) in [5.74, 6) is 0.261. The van der Waals surface area contributed by atoms with E-state index in [0.717, 1.165) is 11.1 Å². The van der Waals surface area contributed by atoms with Gasteiger partial charge in [0.15, 0.2) is 5.58 Å². The van der Waals surface area contributed by atoms with Crippen LogP contribution in [0.3, 0.4) is 0 Å². The molecule has 0 atom stereocenters. The highest BCUT2D eigenvalue weighted by atomic mass is 35.5. The molecule has 134 valence electrons. The normalized spacial score (nSPS) is 10.9. The molecule has 0 aliphatic heterocycles. The first-order chi connectivity index (χ1) is 13.0. The minimum atomic E-state index is -0.175. The number of nitrogens with zero attached hydrogens (tertiary/aromatic N) is 1. The second-order valence-corrected chi connectivity index (χ2v) is 6.97. The van der Waals surface area contributed by atoms with Crippen LogP contribution in [0.4, 0.5) is 5.69 Å². The standard InChI is InChI=1S/C21H14Cl2N2O2/c1-12-3-2-4-13(9-12)20(26)24-15-6-8-19-18(11-15)25-21(27-19)14-5-7-16(22)17(23)10-14/h2-11H,1H3,(H,24,26). The Morgan fingerprint density at radius 1 is 1.00 bits per heavy atom. The number of hydrogen-bond acceptors (Lipinski definition) is 3. The first-order valence-corrected chi connectivity index (χ1v) is 8.99. The molecule has 0 unspecified atom stereocenters. The van der Waals surface area contributed by atoms with Gasteiger partial charge in [0, 0.05) is 16.8 Å².